The van der Waals surface area contributed by atoms with Crippen molar-refractivity contribution in [1.82, 2.24) is 20.2 Å². The molecule has 0 bridgehead atoms. The Morgan fingerprint density at radius 1 is 1.33 bits per heavy atom. The highest BCUT2D eigenvalue weighted by molar-refractivity contribution is 7.99. The maximum Gasteiger partial charge on any atom is 0.214 e. The highest BCUT2D eigenvalue weighted by atomic mass is 32.2. The number of carbonyl (C=O) groups excluding carboxylic acids is 1. The molecule has 0 aliphatic heterocycles. The lowest BCUT2D eigenvalue weighted by Crippen LogP contribution is -2.44. The fourth-order valence-electron chi connectivity index (χ4n) is 2.82. The fourth-order valence-corrected chi connectivity index (χ4v) is 3.71. The minimum atomic E-state index is 0.156. The number of Topliss-reactive ketones (excluding diaryl/α,β-unsaturated/α-hetero) is 1. The molecule has 0 saturated heterocycles. The van der Waals surface area contributed by atoms with E-state index in [1.54, 1.807) is 16.4 Å². The van der Waals surface area contributed by atoms with Crippen LogP contribution in [-0.2, 0) is 4.79 Å². The van der Waals surface area contributed by atoms with E-state index < -0.39 is 0 Å². The number of ketones is 1. The topological polar surface area (TPSA) is 60.7 Å². The van der Waals surface area contributed by atoms with Gasteiger partial charge in [-0.3, -0.25) is 4.79 Å². The number of hydrogen-bond donors (Lipinski definition) is 0. The SMILES string of the molecule is CC1(C)CC(=O)C1CCSc1nnnn1-c1ccccc1. The molecule has 0 spiro atoms. The van der Waals surface area contributed by atoms with E-state index >= 15 is 0 Å². The second-order valence-corrected chi connectivity index (χ2v) is 7.09. The number of carbonyl (C=O) groups is 1. The Bertz CT molecular complexity index is 638. The van der Waals surface area contributed by atoms with Crippen molar-refractivity contribution in [2.75, 3.05) is 5.75 Å². The summed E-state index contributed by atoms with van der Waals surface area (Å²) in [7, 11) is 0. The first-order chi connectivity index (χ1) is 10.1. The number of rotatable bonds is 5. The van der Waals surface area contributed by atoms with E-state index in [1.165, 1.54) is 0 Å². The third kappa shape index (κ3) is 2.85. The monoisotopic (exact) mass is 302 g/mol. The Kier molecular flexibility index (Phi) is 3.80. The molecule has 2 aromatic rings. The van der Waals surface area contributed by atoms with Gasteiger partial charge in [0.2, 0.25) is 5.16 Å². The number of hydrogen-bond acceptors (Lipinski definition) is 5. The van der Waals surface area contributed by atoms with E-state index in [0.717, 1.165) is 23.0 Å². The van der Waals surface area contributed by atoms with Crippen molar-refractivity contribution in [3.63, 3.8) is 0 Å². The van der Waals surface area contributed by atoms with Crippen molar-refractivity contribution in [2.24, 2.45) is 11.3 Å². The molecule has 1 fully saturated rings. The molecule has 5 nitrogen and oxygen atoms in total. The van der Waals surface area contributed by atoms with Gasteiger partial charge in [0.15, 0.2) is 0 Å². The average Bonchev–Trinajstić information content (AvgIpc) is 2.92. The molecular formula is C15H18N4OS. The molecule has 1 aromatic heterocycles. The maximum atomic E-state index is 11.7. The molecule has 0 N–H and O–H groups in total. The van der Waals surface area contributed by atoms with Crippen LogP contribution < -0.4 is 0 Å². The van der Waals surface area contributed by atoms with E-state index in [1.807, 2.05) is 30.3 Å². The highest BCUT2D eigenvalue weighted by Gasteiger charge is 2.45. The Balaban J connectivity index is 1.62. The van der Waals surface area contributed by atoms with Crippen LogP contribution in [0.25, 0.3) is 5.69 Å². The van der Waals surface area contributed by atoms with Gasteiger partial charge >= 0.3 is 0 Å². The van der Waals surface area contributed by atoms with Gasteiger partial charge in [0, 0.05) is 18.1 Å². The maximum absolute atomic E-state index is 11.7. The smallest absolute Gasteiger partial charge is 0.214 e. The van der Waals surface area contributed by atoms with Crippen LogP contribution in [0, 0.1) is 11.3 Å². The standard InChI is InChI=1S/C15H18N4OS/c1-15(2)10-13(20)12(15)8-9-21-14-16-17-18-19(14)11-6-4-3-5-7-11/h3-7,12H,8-10H2,1-2H3. The summed E-state index contributed by atoms with van der Waals surface area (Å²) >= 11 is 1.60. The van der Waals surface area contributed by atoms with Crippen molar-refractivity contribution in [2.45, 2.75) is 31.8 Å². The molecule has 1 saturated carbocycles. The molecule has 3 rings (SSSR count). The number of aromatic nitrogens is 4. The van der Waals surface area contributed by atoms with Crippen molar-refractivity contribution in [3.05, 3.63) is 30.3 Å². The summed E-state index contributed by atoms with van der Waals surface area (Å²) in [5, 5.41) is 12.6. The third-order valence-electron chi connectivity index (χ3n) is 4.04. The molecule has 1 aliphatic carbocycles. The zero-order chi connectivity index (χ0) is 14.9. The Morgan fingerprint density at radius 2 is 2.10 bits per heavy atom. The molecule has 1 unspecified atom stereocenters. The van der Waals surface area contributed by atoms with Gasteiger partial charge in [0.05, 0.1) is 5.69 Å². The second-order valence-electron chi connectivity index (χ2n) is 6.03. The summed E-state index contributed by atoms with van der Waals surface area (Å²) in [6.45, 7) is 4.33. The van der Waals surface area contributed by atoms with E-state index in [2.05, 4.69) is 29.4 Å². The highest BCUT2D eigenvalue weighted by Crippen LogP contribution is 2.45. The lowest BCUT2D eigenvalue weighted by atomic mass is 9.60. The van der Waals surface area contributed by atoms with Gasteiger partial charge in [0.25, 0.3) is 0 Å². The van der Waals surface area contributed by atoms with Gasteiger partial charge in [-0.25, -0.2) is 0 Å². The third-order valence-corrected chi connectivity index (χ3v) is 4.99. The zero-order valence-corrected chi connectivity index (χ0v) is 13.0. The predicted molar refractivity (Wildman–Crippen MR) is 81.4 cm³/mol. The molecule has 6 heteroatoms. The van der Waals surface area contributed by atoms with Crippen molar-refractivity contribution >= 4 is 17.5 Å². The minimum absolute atomic E-state index is 0.156. The average molecular weight is 302 g/mol. The van der Waals surface area contributed by atoms with E-state index in [0.29, 0.717) is 12.2 Å². The van der Waals surface area contributed by atoms with Crippen molar-refractivity contribution in [1.29, 1.82) is 0 Å². The number of nitrogens with zero attached hydrogens (tertiary/aromatic N) is 4. The second kappa shape index (κ2) is 5.60. The Hall–Kier alpha value is -1.69. The molecule has 0 radical (unpaired) electrons. The Morgan fingerprint density at radius 3 is 2.76 bits per heavy atom. The molecular weight excluding hydrogens is 284 g/mol. The largest absolute Gasteiger partial charge is 0.299 e. The first-order valence-corrected chi connectivity index (χ1v) is 8.06. The van der Waals surface area contributed by atoms with Crippen LogP contribution >= 0.6 is 11.8 Å². The summed E-state index contributed by atoms with van der Waals surface area (Å²) < 4.78 is 1.73. The molecule has 0 amide bonds. The van der Waals surface area contributed by atoms with Crippen LogP contribution in [0.2, 0.25) is 0 Å². The van der Waals surface area contributed by atoms with E-state index in [9.17, 15) is 4.79 Å². The van der Waals surface area contributed by atoms with Crippen molar-refractivity contribution in [3.8, 4) is 5.69 Å². The first-order valence-electron chi connectivity index (χ1n) is 7.07. The van der Waals surface area contributed by atoms with Gasteiger partial charge in [-0.05, 0) is 34.4 Å². The summed E-state index contributed by atoms with van der Waals surface area (Å²) in [5.74, 6) is 1.43. The minimum Gasteiger partial charge on any atom is -0.299 e. The summed E-state index contributed by atoms with van der Waals surface area (Å²) in [6, 6.07) is 9.82. The van der Waals surface area contributed by atoms with Gasteiger partial charge in [0.1, 0.15) is 5.78 Å². The molecule has 1 aliphatic rings. The summed E-state index contributed by atoms with van der Waals surface area (Å²) in [4.78, 5) is 11.7. The normalized spacial score (nSPS) is 20.3. The Labute approximate surface area is 128 Å². The molecule has 1 aromatic carbocycles. The fraction of sp³-hybridized carbons (Fsp3) is 0.467. The predicted octanol–water partition coefficient (Wildman–Crippen LogP) is 2.76. The number of para-hydroxylation sites is 1. The van der Waals surface area contributed by atoms with Crippen LogP contribution in [0.1, 0.15) is 26.7 Å². The van der Waals surface area contributed by atoms with Crippen LogP contribution in [0.4, 0.5) is 0 Å². The zero-order valence-electron chi connectivity index (χ0n) is 12.2. The lowest BCUT2D eigenvalue weighted by molar-refractivity contribution is -0.140. The van der Waals surface area contributed by atoms with Gasteiger partial charge < -0.3 is 0 Å². The number of tetrazole rings is 1. The lowest BCUT2D eigenvalue weighted by Gasteiger charge is -2.42. The molecule has 1 atom stereocenters. The van der Waals surface area contributed by atoms with Crippen LogP contribution in [-0.4, -0.2) is 31.7 Å². The van der Waals surface area contributed by atoms with E-state index in [-0.39, 0.29) is 11.3 Å². The van der Waals surface area contributed by atoms with Crippen LogP contribution in [0.5, 0.6) is 0 Å². The van der Waals surface area contributed by atoms with Gasteiger partial charge in [-0.2, -0.15) is 4.68 Å². The quantitative estimate of drug-likeness (QED) is 0.795. The van der Waals surface area contributed by atoms with Crippen LogP contribution in [0.3, 0.4) is 0 Å². The number of benzene rings is 1. The van der Waals surface area contributed by atoms with Gasteiger partial charge in [-0.15, -0.1) is 5.10 Å². The number of thioether (sulfide) groups is 1. The first kappa shape index (κ1) is 14.3. The van der Waals surface area contributed by atoms with Gasteiger partial charge in [-0.1, -0.05) is 43.8 Å². The van der Waals surface area contributed by atoms with E-state index in [4.69, 9.17) is 0 Å². The summed E-state index contributed by atoms with van der Waals surface area (Å²) in [5.41, 5.74) is 1.10. The van der Waals surface area contributed by atoms with Crippen LogP contribution in [0.15, 0.2) is 35.5 Å². The molecule has 21 heavy (non-hydrogen) atoms. The molecule has 1 heterocycles. The van der Waals surface area contributed by atoms with Crippen molar-refractivity contribution < 1.29 is 4.79 Å². The summed E-state index contributed by atoms with van der Waals surface area (Å²) in [6.07, 6.45) is 1.60. The molecule has 110 valence electrons.